The van der Waals surface area contributed by atoms with E-state index in [0.717, 1.165) is 31.7 Å². The molecule has 0 aromatic heterocycles. The Hall–Kier alpha value is -1.26. The summed E-state index contributed by atoms with van der Waals surface area (Å²) in [6, 6.07) is 6.76. The average Bonchev–Trinajstić information content (AvgIpc) is 2.46. The van der Waals surface area contributed by atoms with Gasteiger partial charge in [0.15, 0.2) is 0 Å². The van der Waals surface area contributed by atoms with Crippen LogP contribution in [0.5, 0.6) is 5.75 Å². The molecule has 20 heavy (non-hydrogen) atoms. The first kappa shape index (κ1) is 15.1. The third kappa shape index (κ3) is 3.87. The van der Waals surface area contributed by atoms with Gasteiger partial charge in [-0.1, -0.05) is 0 Å². The van der Waals surface area contributed by atoms with E-state index in [-0.39, 0.29) is 6.10 Å². The van der Waals surface area contributed by atoms with Crippen LogP contribution in [0.25, 0.3) is 0 Å². The zero-order chi connectivity index (χ0) is 14.5. The van der Waals surface area contributed by atoms with Crippen molar-refractivity contribution in [3.8, 4) is 5.75 Å². The van der Waals surface area contributed by atoms with Gasteiger partial charge in [-0.3, -0.25) is 0 Å². The van der Waals surface area contributed by atoms with E-state index in [2.05, 4.69) is 30.0 Å². The Labute approximate surface area is 121 Å². The lowest BCUT2D eigenvalue weighted by molar-refractivity contribution is 0.0714. The van der Waals surface area contributed by atoms with Gasteiger partial charge in [0.25, 0.3) is 0 Å². The first-order chi connectivity index (χ1) is 9.60. The van der Waals surface area contributed by atoms with Crippen molar-refractivity contribution in [2.75, 3.05) is 31.7 Å². The molecule has 0 radical (unpaired) electrons. The Morgan fingerprint density at radius 3 is 2.65 bits per heavy atom. The van der Waals surface area contributed by atoms with Crippen LogP contribution in [-0.4, -0.2) is 39.0 Å². The average molecular weight is 278 g/mol. The van der Waals surface area contributed by atoms with E-state index < -0.39 is 0 Å². The predicted molar refractivity (Wildman–Crippen MR) is 82.6 cm³/mol. The van der Waals surface area contributed by atoms with Crippen molar-refractivity contribution in [3.63, 3.8) is 0 Å². The van der Waals surface area contributed by atoms with Crippen molar-refractivity contribution in [2.24, 2.45) is 5.73 Å². The number of nitrogens with two attached hydrogens (primary N) is 1. The molecule has 1 unspecified atom stereocenters. The Bertz CT molecular complexity index is 428. The van der Waals surface area contributed by atoms with Crippen LogP contribution in [0.3, 0.4) is 0 Å². The first-order valence-electron chi connectivity index (χ1n) is 7.37. The lowest BCUT2D eigenvalue weighted by Gasteiger charge is -2.32. The molecule has 0 aliphatic carbocycles. The smallest absolute Gasteiger partial charge is 0.122 e. The highest BCUT2D eigenvalue weighted by molar-refractivity contribution is 5.53. The molecular weight excluding hydrogens is 252 g/mol. The zero-order valence-corrected chi connectivity index (χ0v) is 12.8. The molecule has 4 heteroatoms. The lowest BCUT2D eigenvalue weighted by atomic mass is 10.0. The van der Waals surface area contributed by atoms with E-state index in [1.165, 1.54) is 11.3 Å². The minimum absolute atomic E-state index is 0.109. The number of methoxy groups -OCH3 is 1. The van der Waals surface area contributed by atoms with E-state index in [9.17, 15) is 0 Å². The Kier molecular flexibility index (Phi) is 5.26. The molecule has 0 bridgehead atoms. The van der Waals surface area contributed by atoms with Gasteiger partial charge in [0.2, 0.25) is 0 Å². The van der Waals surface area contributed by atoms with Crippen molar-refractivity contribution in [1.29, 1.82) is 0 Å². The standard InChI is InChI=1S/C16H26N2O2/c1-12-10-15(18-8-6-14(17)7-9-18)4-5-16(12)20-11-13(2)19-3/h4-5,10,13-14H,6-9,11,17H2,1-3H3. The Morgan fingerprint density at radius 2 is 2.05 bits per heavy atom. The number of piperidine rings is 1. The van der Waals surface area contributed by atoms with Gasteiger partial charge in [-0.05, 0) is 50.5 Å². The molecule has 0 spiro atoms. The van der Waals surface area contributed by atoms with Crippen molar-refractivity contribution in [1.82, 2.24) is 0 Å². The fraction of sp³-hybridized carbons (Fsp3) is 0.625. The van der Waals surface area contributed by atoms with Crippen LogP contribution in [0.2, 0.25) is 0 Å². The van der Waals surface area contributed by atoms with Crippen LogP contribution in [0.4, 0.5) is 5.69 Å². The van der Waals surface area contributed by atoms with Crippen molar-refractivity contribution < 1.29 is 9.47 Å². The highest BCUT2D eigenvalue weighted by Gasteiger charge is 2.17. The highest BCUT2D eigenvalue weighted by Crippen LogP contribution is 2.26. The summed E-state index contributed by atoms with van der Waals surface area (Å²) in [6.45, 7) is 6.75. The molecule has 2 rings (SSSR count). The molecule has 0 amide bonds. The summed E-state index contributed by atoms with van der Waals surface area (Å²) in [5, 5.41) is 0. The number of hydrogen-bond donors (Lipinski definition) is 1. The largest absolute Gasteiger partial charge is 0.491 e. The number of nitrogens with zero attached hydrogens (tertiary/aromatic N) is 1. The second-order valence-corrected chi connectivity index (χ2v) is 5.63. The van der Waals surface area contributed by atoms with E-state index in [4.69, 9.17) is 15.2 Å². The normalized spacial score (nSPS) is 18.1. The molecule has 0 saturated carbocycles. The molecule has 4 nitrogen and oxygen atoms in total. The molecular formula is C16H26N2O2. The number of anilines is 1. The van der Waals surface area contributed by atoms with Crippen LogP contribution in [-0.2, 0) is 4.74 Å². The highest BCUT2D eigenvalue weighted by atomic mass is 16.5. The van der Waals surface area contributed by atoms with Gasteiger partial charge in [0.1, 0.15) is 12.4 Å². The van der Waals surface area contributed by atoms with Crippen LogP contribution >= 0.6 is 0 Å². The van der Waals surface area contributed by atoms with Gasteiger partial charge in [-0.2, -0.15) is 0 Å². The molecule has 1 fully saturated rings. The maximum absolute atomic E-state index is 5.95. The summed E-state index contributed by atoms with van der Waals surface area (Å²) >= 11 is 0. The van der Waals surface area contributed by atoms with Gasteiger partial charge in [0, 0.05) is 31.9 Å². The second kappa shape index (κ2) is 6.95. The third-order valence-electron chi connectivity index (χ3n) is 3.94. The number of rotatable bonds is 5. The summed E-state index contributed by atoms with van der Waals surface area (Å²) < 4.78 is 11.0. The van der Waals surface area contributed by atoms with E-state index in [1.54, 1.807) is 7.11 Å². The van der Waals surface area contributed by atoms with E-state index in [1.807, 2.05) is 6.92 Å². The number of aryl methyl sites for hydroxylation is 1. The molecule has 1 aliphatic rings. The molecule has 1 atom stereocenters. The molecule has 1 saturated heterocycles. The Balaban J connectivity index is 1.98. The topological polar surface area (TPSA) is 47.7 Å². The first-order valence-corrected chi connectivity index (χ1v) is 7.37. The van der Waals surface area contributed by atoms with Crippen molar-refractivity contribution in [3.05, 3.63) is 23.8 Å². The van der Waals surface area contributed by atoms with Crippen LogP contribution in [0, 0.1) is 6.92 Å². The number of ether oxygens (including phenoxy) is 2. The SMILES string of the molecule is COC(C)COc1ccc(N2CCC(N)CC2)cc1C. The predicted octanol–water partition coefficient (Wildman–Crippen LogP) is 2.34. The molecule has 1 aromatic carbocycles. The minimum Gasteiger partial charge on any atom is -0.491 e. The summed E-state index contributed by atoms with van der Waals surface area (Å²) in [5.41, 5.74) is 8.38. The molecule has 1 heterocycles. The van der Waals surface area contributed by atoms with E-state index >= 15 is 0 Å². The second-order valence-electron chi connectivity index (χ2n) is 5.63. The van der Waals surface area contributed by atoms with Gasteiger partial charge in [-0.15, -0.1) is 0 Å². The maximum Gasteiger partial charge on any atom is 0.122 e. The van der Waals surface area contributed by atoms with Gasteiger partial charge in [-0.25, -0.2) is 0 Å². The molecule has 112 valence electrons. The molecule has 2 N–H and O–H groups in total. The summed E-state index contributed by atoms with van der Waals surface area (Å²) in [6.07, 6.45) is 2.25. The number of benzene rings is 1. The Morgan fingerprint density at radius 1 is 1.35 bits per heavy atom. The van der Waals surface area contributed by atoms with Gasteiger partial charge >= 0.3 is 0 Å². The summed E-state index contributed by atoms with van der Waals surface area (Å²) in [5.74, 6) is 0.936. The molecule has 1 aliphatic heterocycles. The summed E-state index contributed by atoms with van der Waals surface area (Å²) in [7, 11) is 1.70. The van der Waals surface area contributed by atoms with Crippen molar-refractivity contribution in [2.45, 2.75) is 38.8 Å². The van der Waals surface area contributed by atoms with Gasteiger partial charge in [0.05, 0.1) is 6.10 Å². The fourth-order valence-corrected chi connectivity index (χ4v) is 2.43. The van der Waals surface area contributed by atoms with Crippen LogP contribution in [0.1, 0.15) is 25.3 Å². The zero-order valence-electron chi connectivity index (χ0n) is 12.8. The quantitative estimate of drug-likeness (QED) is 0.898. The number of hydrogen-bond acceptors (Lipinski definition) is 4. The molecule has 1 aromatic rings. The van der Waals surface area contributed by atoms with Crippen LogP contribution < -0.4 is 15.4 Å². The van der Waals surface area contributed by atoms with Crippen LogP contribution in [0.15, 0.2) is 18.2 Å². The fourth-order valence-electron chi connectivity index (χ4n) is 2.43. The monoisotopic (exact) mass is 278 g/mol. The lowest BCUT2D eigenvalue weighted by Crippen LogP contribution is -2.39. The maximum atomic E-state index is 5.95. The van der Waals surface area contributed by atoms with E-state index in [0.29, 0.717) is 12.6 Å². The van der Waals surface area contributed by atoms with Crippen molar-refractivity contribution >= 4 is 5.69 Å². The third-order valence-corrected chi connectivity index (χ3v) is 3.94. The van der Waals surface area contributed by atoms with Gasteiger partial charge < -0.3 is 20.1 Å². The summed E-state index contributed by atoms with van der Waals surface area (Å²) in [4.78, 5) is 2.40. The minimum atomic E-state index is 0.109.